The summed E-state index contributed by atoms with van der Waals surface area (Å²) in [7, 11) is 0. The summed E-state index contributed by atoms with van der Waals surface area (Å²) in [6.45, 7) is 10.5. The van der Waals surface area contributed by atoms with Gasteiger partial charge < -0.3 is 14.0 Å². The molecular formula is C23H28N4OS. The molecule has 1 unspecified atom stereocenters. The molecule has 2 aliphatic heterocycles. The van der Waals surface area contributed by atoms with Gasteiger partial charge >= 0.3 is 0 Å². The van der Waals surface area contributed by atoms with Crippen LogP contribution in [0.1, 0.15) is 16.8 Å². The van der Waals surface area contributed by atoms with Crippen molar-refractivity contribution in [1.82, 2.24) is 14.5 Å². The van der Waals surface area contributed by atoms with Gasteiger partial charge in [-0.1, -0.05) is 12.1 Å². The fourth-order valence-electron chi connectivity index (χ4n) is 4.80. The Morgan fingerprint density at radius 3 is 2.69 bits per heavy atom. The van der Waals surface area contributed by atoms with Gasteiger partial charge in [-0.2, -0.15) is 0 Å². The van der Waals surface area contributed by atoms with Gasteiger partial charge in [-0.3, -0.25) is 4.90 Å². The van der Waals surface area contributed by atoms with Crippen molar-refractivity contribution in [3.8, 4) is 0 Å². The van der Waals surface area contributed by atoms with Crippen LogP contribution in [0.15, 0.2) is 41.4 Å². The second-order valence-electron chi connectivity index (χ2n) is 8.19. The fraction of sp³-hybridized carbons (Fsp3) is 0.435. The topological polar surface area (TPSA) is 47.4 Å². The average Bonchev–Trinajstić information content (AvgIpc) is 3.02. The number of piperazine rings is 1. The van der Waals surface area contributed by atoms with Gasteiger partial charge in [-0.05, 0) is 60.8 Å². The molecule has 6 heteroatoms. The lowest BCUT2D eigenvalue weighted by atomic mass is 10.1. The van der Waals surface area contributed by atoms with Crippen LogP contribution in [0.2, 0.25) is 0 Å². The maximum absolute atomic E-state index is 12.4. The van der Waals surface area contributed by atoms with Crippen molar-refractivity contribution in [2.75, 3.05) is 43.4 Å². The number of benzene rings is 1. The lowest BCUT2D eigenvalue weighted by Gasteiger charge is -2.35. The molecule has 5 nitrogen and oxygen atoms in total. The van der Waals surface area contributed by atoms with Crippen molar-refractivity contribution in [3.05, 3.63) is 53.3 Å². The number of aromatic nitrogens is 2. The van der Waals surface area contributed by atoms with Gasteiger partial charge in [-0.15, -0.1) is 0 Å². The van der Waals surface area contributed by atoms with E-state index in [2.05, 4.69) is 57.5 Å². The first kappa shape index (κ1) is 19.0. The predicted molar refractivity (Wildman–Crippen MR) is 119 cm³/mol. The molecule has 5 rings (SSSR count). The number of anilines is 1. The molecule has 1 aromatic carbocycles. The Labute approximate surface area is 175 Å². The van der Waals surface area contributed by atoms with E-state index < -0.39 is 11.2 Å². The summed E-state index contributed by atoms with van der Waals surface area (Å²) in [6, 6.07) is 10.5. The van der Waals surface area contributed by atoms with E-state index in [4.69, 9.17) is 0 Å². The predicted octanol–water partition coefficient (Wildman–Crippen LogP) is 3.14. The van der Waals surface area contributed by atoms with Crippen molar-refractivity contribution in [3.63, 3.8) is 0 Å². The van der Waals surface area contributed by atoms with E-state index >= 15 is 0 Å². The number of aryl methyl sites for hydroxylation is 2. The minimum absolute atomic E-state index is 0.732. The number of nitrogens with zero attached hydrogens (tertiary/aromatic N) is 4. The molecule has 2 aliphatic rings. The third kappa shape index (κ3) is 3.43. The Morgan fingerprint density at radius 2 is 1.90 bits per heavy atom. The van der Waals surface area contributed by atoms with E-state index in [9.17, 15) is 4.55 Å². The summed E-state index contributed by atoms with van der Waals surface area (Å²) in [4.78, 5) is 10.5. The van der Waals surface area contributed by atoms with Gasteiger partial charge in [0.1, 0.15) is 17.1 Å². The van der Waals surface area contributed by atoms with Crippen LogP contribution in [0, 0.1) is 13.8 Å². The molecule has 4 heterocycles. The minimum Gasteiger partial charge on any atom is -0.611 e. The summed E-state index contributed by atoms with van der Waals surface area (Å²) in [5, 5.41) is 1.30. The lowest BCUT2D eigenvalue weighted by Crippen LogP contribution is -2.47. The lowest BCUT2D eigenvalue weighted by molar-refractivity contribution is 0.260. The smallest absolute Gasteiger partial charge is 0.177 e. The highest BCUT2D eigenvalue weighted by Gasteiger charge is 2.27. The molecule has 0 spiro atoms. The molecule has 0 radical (unpaired) electrons. The van der Waals surface area contributed by atoms with Gasteiger partial charge in [0.05, 0.1) is 6.54 Å². The van der Waals surface area contributed by atoms with E-state index in [1.165, 1.54) is 27.7 Å². The molecule has 0 saturated carbocycles. The highest BCUT2D eigenvalue weighted by molar-refractivity contribution is 7.91. The summed E-state index contributed by atoms with van der Waals surface area (Å²) in [5.74, 6) is 1.83. The molecular weight excluding hydrogens is 380 g/mol. The zero-order valence-electron chi connectivity index (χ0n) is 17.2. The highest BCUT2D eigenvalue weighted by atomic mass is 32.2. The van der Waals surface area contributed by atoms with E-state index in [-0.39, 0.29) is 0 Å². The number of rotatable bonds is 4. The molecule has 0 amide bonds. The summed E-state index contributed by atoms with van der Waals surface area (Å²) in [6.07, 6.45) is 2.96. The van der Waals surface area contributed by atoms with E-state index in [1.807, 2.05) is 12.3 Å². The summed E-state index contributed by atoms with van der Waals surface area (Å²) < 4.78 is 14.8. The first-order valence-corrected chi connectivity index (χ1v) is 11.8. The summed E-state index contributed by atoms with van der Waals surface area (Å²) >= 11 is -0.858. The van der Waals surface area contributed by atoms with Gasteiger partial charge in [0, 0.05) is 50.0 Å². The zero-order chi connectivity index (χ0) is 20.0. The standard InChI is InChI=1S/C23H28N4OS/c1-17-6-8-24-22(16-17)26-12-10-25(11-13-26)9-7-19-18(2)27-14-15-29(28)21-5-3-4-20(19)23(21)27/h3-6,8,16H,7,9-15H2,1-2H3. The third-order valence-electron chi connectivity index (χ3n) is 6.46. The van der Waals surface area contributed by atoms with Crippen LogP contribution in [-0.2, 0) is 24.1 Å². The van der Waals surface area contributed by atoms with Crippen molar-refractivity contribution >= 4 is 27.9 Å². The molecule has 0 aliphatic carbocycles. The molecule has 1 fully saturated rings. The summed E-state index contributed by atoms with van der Waals surface area (Å²) in [5.41, 5.74) is 5.26. The average molecular weight is 409 g/mol. The normalized spacial score (nSPS) is 19.8. The number of pyridine rings is 1. The van der Waals surface area contributed by atoms with Crippen molar-refractivity contribution in [1.29, 1.82) is 0 Å². The first-order valence-electron chi connectivity index (χ1n) is 10.5. The molecule has 29 heavy (non-hydrogen) atoms. The zero-order valence-corrected chi connectivity index (χ0v) is 18.0. The van der Waals surface area contributed by atoms with Gasteiger partial charge in [0.15, 0.2) is 4.90 Å². The van der Waals surface area contributed by atoms with Crippen LogP contribution < -0.4 is 4.90 Å². The van der Waals surface area contributed by atoms with Crippen LogP contribution in [0.4, 0.5) is 5.82 Å². The Balaban J connectivity index is 1.28. The molecule has 0 N–H and O–H groups in total. The molecule has 0 bridgehead atoms. The third-order valence-corrected chi connectivity index (χ3v) is 7.83. The van der Waals surface area contributed by atoms with Crippen LogP contribution in [-0.4, -0.2) is 57.5 Å². The van der Waals surface area contributed by atoms with Crippen molar-refractivity contribution < 1.29 is 4.55 Å². The fourth-order valence-corrected chi connectivity index (χ4v) is 6.03. The number of hydrogen-bond donors (Lipinski definition) is 0. The Morgan fingerprint density at radius 1 is 1.07 bits per heavy atom. The van der Waals surface area contributed by atoms with Crippen LogP contribution in [0.3, 0.4) is 0 Å². The molecule has 1 saturated heterocycles. The van der Waals surface area contributed by atoms with Crippen molar-refractivity contribution in [2.24, 2.45) is 0 Å². The van der Waals surface area contributed by atoms with Gasteiger partial charge in [-0.25, -0.2) is 4.98 Å². The Bertz CT molecular complexity index is 1040. The van der Waals surface area contributed by atoms with Crippen LogP contribution >= 0.6 is 0 Å². The minimum atomic E-state index is -0.858. The first-order chi connectivity index (χ1) is 14.1. The van der Waals surface area contributed by atoms with E-state index in [0.717, 1.165) is 62.2 Å². The second kappa shape index (κ2) is 7.67. The quantitative estimate of drug-likeness (QED) is 0.623. The SMILES string of the molecule is Cc1ccnc(N2CCN(CCc3c(C)n4c5c(cccc35)[S+]([O-])CC4)CC2)c1. The second-order valence-corrected chi connectivity index (χ2v) is 9.73. The van der Waals surface area contributed by atoms with E-state index in [1.54, 1.807) is 0 Å². The van der Waals surface area contributed by atoms with Gasteiger partial charge in [0.2, 0.25) is 0 Å². The monoisotopic (exact) mass is 408 g/mol. The Kier molecular flexibility index (Phi) is 5.02. The number of para-hydroxylation sites is 1. The maximum atomic E-state index is 12.4. The largest absolute Gasteiger partial charge is 0.611 e. The maximum Gasteiger partial charge on any atom is 0.177 e. The molecule has 3 aromatic rings. The van der Waals surface area contributed by atoms with Crippen LogP contribution in [0.25, 0.3) is 10.9 Å². The molecule has 1 atom stereocenters. The van der Waals surface area contributed by atoms with Gasteiger partial charge in [0.25, 0.3) is 0 Å². The van der Waals surface area contributed by atoms with Crippen molar-refractivity contribution in [2.45, 2.75) is 31.7 Å². The number of hydrogen-bond acceptors (Lipinski definition) is 4. The van der Waals surface area contributed by atoms with Crippen LogP contribution in [0.5, 0.6) is 0 Å². The Hall–Kier alpha value is -2.02. The molecule has 152 valence electrons. The van der Waals surface area contributed by atoms with E-state index in [0.29, 0.717) is 0 Å². The highest BCUT2D eigenvalue weighted by Crippen LogP contribution is 2.34. The molecule has 2 aromatic heterocycles.